The van der Waals surface area contributed by atoms with Gasteiger partial charge in [0, 0.05) is 0 Å². The van der Waals surface area contributed by atoms with E-state index in [2.05, 4.69) is 82.7 Å². The average Bonchev–Trinajstić information content (AvgIpc) is 2.98. The summed E-state index contributed by atoms with van der Waals surface area (Å²) >= 11 is 0. The highest BCUT2D eigenvalue weighted by molar-refractivity contribution is 6.74. The van der Waals surface area contributed by atoms with E-state index < -0.39 is 40.8 Å². The molecule has 46 heavy (non-hydrogen) atoms. The van der Waals surface area contributed by atoms with Gasteiger partial charge in [-0.15, -0.1) is 0 Å². The fraction of sp³-hybridized carbons (Fsp3) is 0.514. The smallest absolute Gasteiger partial charge is 0.357 e. The van der Waals surface area contributed by atoms with Crippen LogP contribution in [0.3, 0.4) is 0 Å². The summed E-state index contributed by atoms with van der Waals surface area (Å²) in [7, 11) is -3.89. The Morgan fingerprint density at radius 3 is 1.30 bits per heavy atom. The average molecular weight is 666 g/mol. The van der Waals surface area contributed by atoms with Crippen molar-refractivity contribution >= 4 is 28.6 Å². The molecule has 0 saturated carbocycles. The Labute approximate surface area is 276 Å². The van der Waals surface area contributed by atoms with Crippen LogP contribution in [0.1, 0.15) is 111 Å². The summed E-state index contributed by atoms with van der Waals surface area (Å²) in [4.78, 5) is 39.6. The third kappa shape index (κ3) is 9.87. The third-order valence-corrected chi connectivity index (χ3v) is 18.0. The maximum absolute atomic E-state index is 13.0. The SMILES string of the molecule is C[C@H](OC(=O)c1cccc(C(=O)O[C@@H](C)c2cccc(CO[Si](C)(C)C(C)(C)C)n2)n1)c1cccc(CO[Si](C)(C)C(C)(C)C)n1. The number of carbonyl (C=O) groups is 2. The number of ether oxygens (including phenoxy) is 2. The number of rotatable bonds is 12. The molecule has 3 aromatic heterocycles. The van der Waals surface area contributed by atoms with Crippen LogP contribution >= 0.6 is 0 Å². The maximum Gasteiger partial charge on any atom is 0.357 e. The molecule has 0 fully saturated rings. The standard InChI is InChI=1S/C35H51N3O6Si2/c1-24(28-18-13-16-26(36-28)22-41-45(9,10)34(3,4)5)43-32(39)30-20-15-21-31(38-30)33(40)44-25(2)29-19-14-17-27(37-29)23-42-46(11,12)35(6,7)8/h13-21,24-25H,22-23H2,1-12H3/t24-,25-/m0/s1. The van der Waals surface area contributed by atoms with Gasteiger partial charge in [-0.25, -0.2) is 14.6 Å². The minimum atomic E-state index is -1.94. The Kier molecular flexibility index (Phi) is 11.9. The highest BCUT2D eigenvalue weighted by Crippen LogP contribution is 2.38. The highest BCUT2D eigenvalue weighted by atomic mass is 28.4. The largest absolute Gasteiger partial charge is 0.451 e. The second-order valence-electron chi connectivity index (χ2n) is 14.7. The normalized spacial score (nSPS) is 14.0. The molecule has 0 aliphatic heterocycles. The first-order chi connectivity index (χ1) is 21.2. The molecule has 0 saturated heterocycles. The van der Waals surface area contributed by atoms with Crippen molar-refractivity contribution < 1.29 is 27.9 Å². The number of hydrogen-bond donors (Lipinski definition) is 0. The molecule has 0 unspecified atom stereocenters. The van der Waals surface area contributed by atoms with Crippen LogP contribution in [-0.4, -0.2) is 43.5 Å². The van der Waals surface area contributed by atoms with Gasteiger partial charge in [-0.2, -0.15) is 0 Å². The molecular weight excluding hydrogens is 615 g/mol. The zero-order valence-electron chi connectivity index (χ0n) is 29.6. The van der Waals surface area contributed by atoms with Crippen molar-refractivity contribution in [1.29, 1.82) is 0 Å². The van der Waals surface area contributed by atoms with Crippen LogP contribution in [0.15, 0.2) is 54.6 Å². The lowest BCUT2D eigenvalue weighted by Crippen LogP contribution is -2.40. The molecule has 0 bridgehead atoms. The lowest BCUT2D eigenvalue weighted by Gasteiger charge is -2.36. The minimum Gasteiger partial charge on any atom is -0.451 e. The van der Waals surface area contributed by atoms with Gasteiger partial charge in [0.2, 0.25) is 0 Å². The van der Waals surface area contributed by atoms with Gasteiger partial charge in [0.15, 0.2) is 16.6 Å². The zero-order valence-corrected chi connectivity index (χ0v) is 31.6. The van der Waals surface area contributed by atoms with Crippen LogP contribution in [-0.2, 0) is 31.5 Å². The van der Waals surface area contributed by atoms with Crippen molar-refractivity contribution in [2.24, 2.45) is 0 Å². The Morgan fingerprint density at radius 2 is 0.957 bits per heavy atom. The van der Waals surface area contributed by atoms with Crippen molar-refractivity contribution in [2.45, 2.75) is 117 Å². The maximum atomic E-state index is 13.0. The van der Waals surface area contributed by atoms with Gasteiger partial charge in [-0.1, -0.05) is 59.7 Å². The molecule has 0 aliphatic rings. The van der Waals surface area contributed by atoms with Gasteiger partial charge < -0.3 is 18.3 Å². The molecule has 0 aliphatic carbocycles. The zero-order chi connectivity index (χ0) is 34.5. The Bertz CT molecular complexity index is 1410. The first kappa shape index (κ1) is 37.2. The van der Waals surface area contributed by atoms with Crippen molar-refractivity contribution in [2.75, 3.05) is 0 Å². The van der Waals surface area contributed by atoms with E-state index in [1.807, 2.05) is 24.3 Å². The third-order valence-electron chi connectivity index (χ3n) is 9.00. The Balaban J connectivity index is 1.62. The number of carbonyl (C=O) groups excluding carboxylic acids is 2. The van der Waals surface area contributed by atoms with Crippen LogP contribution in [0, 0.1) is 0 Å². The quantitative estimate of drug-likeness (QED) is 0.138. The number of nitrogens with zero attached hydrogens (tertiary/aromatic N) is 3. The summed E-state index contributed by atoms with van der Waals surface area (Å²) in [5, 5.41) is 0.169. The highest BCUT2D eigenvalue weighted by Gasteiger charge is 2.38. The number of hydrogen-bond acceptors (Lipinski definition) is 9. The fourth-order valence-corrected chi connectivity index (χ4v) is 5.66. The van der Waals surface area contributed by atoms with E-state index in [1.165, 1.54) is 12.1 Å². The van der Waals surface area contributed by atoms with Crippen molar-refractivity contribution in [1.82, 2.24) is 15.0 Å². The van der Waals surface area contributed by atoms with Gasteiger partial charge in [0.1, 0.15) is 23.6 Å². The van der Waals surface area contributed by atoms with Gasteiger partial charge in [-0.3, -0.25) is 9.97 Å². The molecule has 11 heteroatoms. The number of aromatic nitrogens is 3. The summed E-state index contributed by atoms with van der Waals surface area (Å²) in [5.41, 5.74) is 2.72. The molecule has 0 spiro atoms. The molecule has 0 radical (unpaired) electrons. The first-order valence-corrected chi connectivity index (χ1v) is 21.6. The number of pyridine rings is 3. The molecule has 2 atom stereocenters. The predicted octanol–water partition coefficient (Wildman–Crippen LogP) is 8.75. The molecule has 0 aromatic carbocycles. The Hall–Kier alpha value is -3.26. The lowest BCUT2D eigenvalue weighted by atomic mass is 10.2. The second-order valence-corrected chi connectivity index (χ2v) is 24.3. The minimum absolute atomic E-state index is 0.00531. The summed E-state index contributed by atoms with van der Waals surface area (Å²) < 4.78 is 24.0. The summed E-state index contributed by atoms with van der Waals surface area (Å²) in [6.07, 6.45) is -1.28. The molecule has 9 nitrogen and oxygen atoms in total. The molecule has 3 rings (SSSR count). The summed E-state index contributed by atoms with van der Waals surface area (Å²) in [6, 6.07) is 15.7. The topological polar surface area (TPSA) is 110 Å². The van der Waals surface area contributed by atoms with Gasteiger partial charge >= 0.3 is 11.9 Å². The molecular formula is C35H51N3O6Si2. The molecule has 250 valence electrons. The monoisotopic (exact) mass is 665 g/mol. The lowest BCUT2D eigenvalue weighted by molar-refractivity contribution is 0.0313. The predicted molar refractivity (Wildman–Crippen MR) is 184 cm³/mol. The van der Waals surface area contributed by atoms with E-state index in [0.717, 1.165) is 11.4 Å². The van der Waals surface area contributed by atoms with E-state index in [4.69, 9.17) is 18.3 Å². The van der Waals surface area contributed by atoms with E-state index >= 15 is 0 Å². The summed E-state index contributed by atoms with van der Waals surface area (Å²) in [5.74, 6) is -1.34. The Morgan fingerprint density at radius 1 is 0.609 bits per heavy atom. The molecule has 0 N–H and O–H groups in total. The van der Waals surface area contributed by atoms with E-state index in [9.17, 15) is 9.59 Å². The van der Waals surface area contributed by atoms with E-state index in [-0.39, 0.29) is 21.5 Å². The van der Waals surface area contributed by atoms with Crippen molar-refractivity contribution in [3.8, 4) is 0 Å². The molecule has 0 amide bonds. The fourth-order valence-electron chi connectivity index (χ4n) is 3.78. The van der Waals surface area contributed by atoms with Crippen LogP contribution < -0.4 is 0 Å². The molecule has 3 heterocycles. The van der Waals surface area contributed by atoms with Crippen LogP contribution in [0.2, 0.25) is 36.3 Å². The van der Waals surface area contributed by atoms with Gasteiger partial charge in [0.05, 0.1) is 36.0 Å². The van der Waals surface area contributed by atoms with Gasteiger partial charge in [-0.05, 0) is 86.5 Å². The van der Waals surface area contributed by atoms with E-state index in [0.29, 0.717) is 24.6 Å². The second kappa shape index (κ2) is 14.7. The summed E-state index contributed by atoms with van der Waals surface area (Å²) in [6.45, 7) is 26.2. The van der Waals surface area contributed by atoms with E-state index in [1.54, 1.807) is 32.0 Å². The van der Waals surface area contributed by atoms with Crippen LogP contribution in [0.25, 0.3) is 0 Å². The van der Waals surface area contributed by atoms with Crippen molar-refractivity contribution in [3.05, 3.63) is 88.8 Å². The number of esters is 2. The van der Waals surface area contributed by atoms with Crippen LogP contribution in [0.4, 0.5) is 0 Å². The van der Waals surface area contributed by atoms with Crippen molar-refractivity contribution in [3.63, 3.8) is 0 Å². The van der Waals surface area contributed by atoms with Gasteiger partial charge in [0.25, 0.3) is 0 Å². The van der Waals surface area contributed by atoms with Crippen LogP contribution in [0.5, 0.6) is 0 Å². The molecule has 3 aromatic rings. The first-order valence-electron chi connectivity index (χ1n) is 15.8.